The van der Waals surface area contributed by atoms with Crippen molar-refractivity contribution in [1.29, 1.82) is 0 Å². The number of allylic oxidation sites excluding steroid dienone is 1. The predicted molar refractivity (Wildman–Crippen MR) is 95.1 cm³/mol. The van der Waals surface area contributed by atoms with E-state index >= 15 is 0 Å². The molecule has 24 heavy (non-hydrogen) atoms. The van der Waals surface area contributed by atoms with Crippen molar-refractivity contribution in [2.75, 3.05) is 13.2 Å². The van der Waals surface area contributed by atoms with Gasteiger partial charge in [0.1, 0.15) is 0 Å². The number of ether oxygens (including phenoxy) is 1. The molecular weight excluding hydrogens is 296 g/mol. The van der Waals surface area contributed by atoms with Crippen LogP contribution in [0.5, 0.6) is 0 Å². The molecule has 1 saturated heterocycles. The fourth-order valence-electron chi connectivity index (χ4n) is 4.21. The van der Waals surface area contributed by atoms with Crippen LogP contribution in [0.4, 0.5) is 0 Å². The van der Waals surface area contributed by atoms with E-state index in [1.54, 1.807) is 0 Å². The van der Waals surface area contributed by atoms with Crippen molar-refractivity contribution in [2.45, 2.75) is 12.8 Å². The van der Waals surface area contributed by atoms with E-state index in [0.717, 1.165) is 12.2 Å². The molecule has 0 radical (unpaired) electrons. The summed E-state index contributed by atoms with van der Waals surface area (Å²) in [7, 11) is 0. The number of aryl methyl sites for hydroxylation is 1. The molecular formula is C22H22O2. The molecule has 0 N–H and O–H groups in total. The van der Waals surface area contributed by atoms with Crippen LogP contribution in [0.1, 0.15) is 27.4 Å². The summed E-state index contributed by atoms with van der Waals surface area (Å²) < 4.78 is 5.72. The molecule has 2 heteroatoms. The highest BCUT2D eigenvalue weighted by molar-refractivity contribution is 5.99. The molecule has 0 saturated carbocycles. The van der Waals surface area contributed by atoms with Gasteiger partial charge in [-0.25, -0.2) is 0 Å². The minimum absolute atomic E-state index is 0.0500. The second-order valence-electron chi connectivity index (χ2n) is 6.89. The van der Waals surface area contributed by atoms with Gasteiger partial charge in [0.2, 0.25) is 0 Å². The van der Waals surface area contributed by atoms with Crippen LogP contribution in [0.25, 0.3) is 0 Å². The summed E-state index contributed by atoms with van der Waals surface area (Å²) in [5, 5.41) is 0. The summed E-state index contributed by atoms with van der Waals surface area (Å²) in [6, 6.07) is 18.1. The molecule has 2 aromatic carbocycles. The lowest BCUT2D eigenvalue weighted by Crippen LogP contribution is -2.36. The van der Waals surface area contributed by atoms with Gasteiger partial charge in [-0.1, -0.05) is 66.7 Å². The number of ketones is 1. The zero-order valence-electron chi connectivity index (χ0n) is 13.9. The minimum atomic E-state index is -0.0500. The normalized spacial score (nSPS) is 28.5. The Morgan fingerprint density at radius 2 is 1.71 bits per heavy atom. The Morgan fingerprint density at radius 1 is 0.958 bits per heavy atom. The van der Waals surface area contributed by atoms with Crippen LogP contribution in [0.15, 0.2) is 66.7 Å². The molecule has 0 unspecified atom stereocenters. The van der Waals surface area contributed by atoms with Crippen molar-refractivity contribution < 1.29 is 9.53 Å². The van der Waals surface area contributed by atoms with Crippen LogP contribution in [0.3, 0.4) is 0 Å². The highest BCUT2D eigenvalue weighted by Crippen LogP contribution is 2.45. The number of benzene rings is 2. The average molecular weight is 318 g/mol. The third-order valence-electron chi connectivity index (χ3n) is 5.49. The van der Waals surface area contributed by atoms with Gasteiger partial charge >= 0.3 is 0 Å². The van der Waals surface area contributed by atoms with Crippen molar-refractivity contribution in [3.8, 4) is 0 Å². The molecule has 1 heterocycles. The standard InChI is InChI=1S/C22H22O2/c1-15-7-5-6-10-18(15)19-12-11-17-13-24-14-20(17)21(19)22(23)16-8-3-2-4-9-16/h2-12,17,19-21H,13-14H2,1H3/t17-,19-,20+,21+/m1/s1. The number of hydrogen-bond acceptors (Lipinski definition) is 2. The third-order valence-corrected chi connectivity index (χ3v) is 5.49. The molecule has 4 rings (SSSR count). The van der Waals surface area contributed by atoms with E-state index < -0.39 is 0 Å². The number of rotatable bonds is 3. The molecule has 122 valence electrons. The Kier molecular flexibility index (Phi) is 4.07. The number of Topliss-reactive ketones (excluding diaryl/α,β-unsaturated/α-hetero) is 1. The second-order valence-corrected chi connectivity index (χ2v) is 6.89. The molecule has 2 aliphatic rings. The zero-order chi connectivity index (χ0) is 16.5. The molecule has 4 atom stereocenters. The number of carbonyl (C=O) groups excluding carboxylic acids is 1. The van der Waals surface area contributed by atoms with Crippen LogP contribution < -0.4 is 0 Å². The summed E-state index contributed by atoms with van der Waals surface area (Å²) in [5.41, 5.74) is 3.31. The molecule has 0 aromatic heterocycles. The Bertz CT molecular complexity index is 763. The van der Waals surface area contributed by atoms with E-state index in [-0.39, 0.29) is 23.5 Å². The predicted octanol–water partition coefficient (Wildman–Crippen LogP) is 4.41. The zero-order valence-corrected chi connectivity index (χ0v) is 13.9. The lowest BCUT2D eigenvalue weighted by molar-refractivity contribution is 0.0820. The highest BCUT2D eigenvalue weighted by atomic mass is 16.5. The second kappa shape index (κ2) is 6.37. The molecule has 0 bridgehead atoms. The first-order valence-electron chi connectivity index (χ1n) is 8.66. The van der Waals surface area contributed by atoms with Crippen LogP contribution in [-0.4, -0.2) is 19.0 Å². The Morgan fingerprint density at radius 3 is 2.50 bits per heavy atom. The van der Waals surface area contributed by atoms with Gasteiger partial charge in [-0.3, -0.25) is 4.79 Å². The number of hydrogen-bond donors (Lipinski definition) is 0. The van der Waals surface area contributed by atoms with E-state index in [9.17, 15) is 4.79 Å². The van der Waals surface area contributed by atoms with Crippen LogP contribution >= 0.6 is 0 Å². The van der Waals surface area contributed by atoms with Gasteiger partial charge in [-0.15, -0.1) is 0 Å². The van der Waals surface area contributed by atoms with E-state index in [1.165, 1.54) is 11.1 Å². The van der Waals surface area contributed by atoms with E-state index in [1.807, 2.05) is 30.3 Å². The summed E-state index contributed by atoms with van der Waals surface area (Å²) in [4.78, 5) is 13.3. The van der Waals surface area contributed by atoms with Gasteiger partial charge in [0.15, 0.2) is 5.78 Å². The first-order chi connectivity index (χ1) is 11.8. The highest BCUT2D eigenvalue weighted by Gasteiger charge is 2.44. The van der Waals surface area contributed by atoms with Gasteiger partial charge in [0.05, 0.1) is 13.2 Å². The first-order valence-corrected chi connectivity index (χ1v) is 8.66. The SMILES string of the molecule is Cc1ccccc1[C@H]1C=C[C@@H]2COC[C@@H]2[C@H]1C(=O)c1ccccc1. The lowest BCUT2D eigenvalue weighted by atomic mass is 9.66. The van der Waals surface area contributed by atoms with Gasteiger partial charge in [-0.05, 0) is 18.1 Å². The van der Waals surface area contributed by atoms with E-state index in [2.05, 4.69) is 43.3 Å². The van der Waals surface area contributed by atoms with Crippen molar-refractivity contribution in [2.24, 2.45) is 17.8 Å². The Hall–Kier alpha value is -2.19. The number of carbonyl (C=O) groups is 1. The largest absolute Gasteiger partial charge is 0.380 e. The van der Waals surface area contributed by atoms with Crippen LogP contribution in [-0.2, 0) is 4.74 Å². The molecule has 0 amide bonds. The maximum absolute atomic E-state index is 13.3. The van der Waals surface area contributed by atoms with Gasteiger partial charge in [0.25, 0.3) is 0 Å². The first kappa shape index (κ1) is 15.3. The minimum Gasteiger partial charge on any atom is -0.380 e. The Balaban J connectivity index is 1.78. The molecule has 1 aliphatic carbocycles. The molecule has 2 aromatic rings. The van der Waals surface area contributed by atoms with Gasteiger partial charge in [-0.2, -0.15) is 0 Å². The number of fused-ring (bicyclic) bond motifs is 1. The van der Waals surface area contributed by atoms with Crippen LogP contribution in [0, 0.1) is 24.7 Å². The monoisotopic (exact) mass is 318 g/mol. The van der Waals surface area contributed by atoms with E-state index in [0.29, 0.717) is 12.5 Å². The fraction of sp³-hybridized carbons (Fsp3) is 0.318. The summed E-state index contributed by atoms with van der Waals surface area (Å²) in [6.07, 6.45) is 4.51. The quantitative estimate of drug-likeness (QED) is 0.619. The van der Waals surface area contributed by atoms with Crippen molar-refractivity contribution in [3.05, 3.63) is 83.4 Å². The molecule has 1 aliphatic heterocycles. The lowest BCUT2D eigenvalue weighted by Gasteiger charge is -2.35. The fourth-order valence-corrected chi connectivity index (χ4v) is 4.21. The average Bonchev–Trinajstić information content (AvgIpc) is 3.10. The molecule has 0 spiro atoms. The summed E-state index contributed by atoms with van der Waals surface area (Å²) in [5.74, 6) is 0.955. The van der Waals surface area contributed by atoms with E-state index in [4.69, 9.17) is 4.74 Å². The molecule has 1 fully saturated rings. The maximum atomic E-state index is 13.3. The van der Waals surface area contributed by atoms with Gasteiger partial charge in [0, 0.05) is 29.2 Å². The topological polar surface area (TPSA) is 26.3 Å². The van der Waals surface area contributed by atoms with Crippen molar-refractivity contribution >= 4 is 5.78 Å². The summed E-state index contributed by atoms with van der Waals surface area (Å²) >= 11 is 0. The van der Waals surface area contributed by atoms with Crippen LogP contribution in [0.2, 0.25) is 0 Å². The van der Waals surface area contributed by atoms with Crippen molar-refractivity contribution in [3.63, 3.8) is 0 Å². The van der Waals surface area contributed by atoms with Gasteiger partial charge < -0.3 is 4.74 Å². The smallest absolute Gasteiger partial charge is 0.167 e. The molecule has 2 nitrogen and oxygen atoms in total. The third kappa shape index (κ3) is 2.61. The summed E-state index contributed by atoms with van der Waals surface area (Å²) in [6.45, 7) is 3.55. The van der Waals surface area contributed by atoms with Crippen molar-refractivity contribution in [1.82, 2.24) is 0 Å². The maximum Gasteiger partial charge on any atom is 0.167 e. The Labute approximate surface area is 143 Å².